The van der Waals surface area contributed by atoms with E-state index in [9.17, 15) is 9.50 Å². The van der Waals surface area contributed by atoms with E-state index in [1.165, 1.54) is 6.07 Å². The molecule has 1 aromatic rings. The average molecular weight is 273 g/mol. The van der Waals surface area contributed by atoms with E-state index in [0.717, 1.165) is 17.3 Å². The van der Waals surface area contributed by atoms with E-state index in [2.05, 4.69) is 15.9 Å². The number of halogens is 2. The predicted molar refractivity (Wildman–Crippen MR) is 61.2 cm³/mol. The Hall–Kier alpha value is -0.410. The lowest BCUT2D eigenvalue weighted by Gasteiger charge is -2.23. The molecule has 0 saturated heterocycles. The van der Waals surface area contributed by atoms with Gasteiger partial charge in [-0.2, -0.15) is 0 Å². The van der Waals surface area contributed by atoms with Crippen molar-refractivity contribution in [2.45, 2.75) is 31.8 Å². The van der Waals surface area contributed by atoms with Crippen LogP contribution in [0.15, 0.2) is 22.7 Å². The SMILES string of the molecule is CC(O)(Cc1ccc(Br)cc1F)C1CC1. The molecule has 3 heteroatoms. The first kappa shape index (κ1) is 11.1. The van der Waals surface area contributed by atoms with Gasteiger partial charge < -0.3 is 5.11 Å². The molecule has 1 fully saturated rings. The van der Waals surface area contributed by atoms with E-state index in [4.69, 9.17) is 0 Å². The molecule has 1 aromatic carbocycles. The minimum atomic E-state index is -0.755. The summed E-state index contributed by atoms with van der Waals surface area (Å²) in [5, 5.41) is 10.1. The maximum atomic E-state index is 13.5. The van der Waals surface area contributed by atoms with Gasteiger partial charge in [-0.3, -0.25) is 0 Å². The Bertz CT molecular complexity index is 372. The first-order valence-electron chi connectivity index (χ1n) is 5.15. The zero-order valence-electron chi connectivity index (χ0n) is 8.63. The molecule has 15 heavy (non-hydrogen) atoms. The van der Waals surface area contributed by atoms with E-state index < -0.39 is 5.60 Å². The number of hydrogen-bond donors (Lipinski definition) is 1. The van der Waals surface area contributed by atoms with Crippen molar-refractivity contribution < 1.29 is 9.50 Å². The zero-order chi connectivity index (χ0) is 11.1. The Balaban J connectivity index is 2.16. The fourth-order valence-electron chi connectivity index (χ4n) is 1.90. The van der Waals surface area contributed by atoms with Crippen molar-refractivity contribution in [3.63, 3.8) is 0 Å². The molecule has 0 amide bonds. The van der Waals surface area contributed by atoms with Crippen LogP contribution >= 0.6 is 15.9 Å². The van der Waals surface area contributed by atoms with Crippen molar-refractivity contribution in [2.24, 2.45) is 5.92 Å². The van der Waals surface area contributed by atoms with Crippen LogP contribution in [0.25, 0.3) is 0 Å². The quantitative estimate of drug-likeness (QED) is 0.896. The van der Waals surface area contributed by atoms with Crippen LogP contribution in [-0.4, -0.2) is 10.7 Å². The largest absolute Gasteiger partial charge is 0.390 e. The molecule has 1 aliphatic carbocycles. The molecule has 1 nitrogen and oxygen atoms in total. The van der Waals surface area contributed by atoms with Gasteiger partial charge in [0, 0.05) is 10.9 Å². The summed E-state index contributed by atoms with van der Waals surface area (Å²) in [6.07, 6.45) is 2.52. The Morgan fingerprint density at radius 3 is 2.73 bits per heavy atom. The highest BCUT2D eigenvalue weighted by Crippen LogP contribution is 2.41. The topological polar surface area (TPSA) is 20.2 Å². The molecule has 0 spiro atoms. The molecule has 0 aliphatic heterocycles. The lowest BCUT2D eigenvalue weighted by Crippen LogP contribution is -2.30. The minimum absolute atomic E-state index is 0.245. The monoisotopic (exact) mass is 272 g/mol. The minimum Gasteiger partial charge on any atom is -0.390 e. The molecule has 1 N–H and O–H groups in total. The van der Waals surface area contributed by atoms with Crippen molar-refractivity contribution in [1.29, 1.82) is 0 Å². The standard InChI is InChI=1S/C12H14BrFO/c1-12(15,9-3-4-9)7-8-2-5-10(13)6-11(8)14/h2,5-6,9,15H,3-4,7H2,1H3. The molecule has 0 heterocycles. The third kappa shape index (κ3) is 2.58. The summed E-state index contributed by atoms with van der Waals surface area (Å²) < 4.78 is 14.3. The summed E-state index contributed by atoms with van der Waals surface area (Å²) in [7, 11) is 0. The fraction of sp³-hybridized carbons (Fsp3) is 0.500. The van der Waals surface area contributed by atoms with Crippen LogP contribution in [0.1, 0.15) is 25.3 Å². The predicted octanol–water partition coefficient (Wildman–Crippen LogP) is 3.29. The highest BCUT2D eigenvalue weighted by molar-refractivity contribution is 9.10. The molecule has 1 aliphatic rings. The van der Waals surface area contributed by atoms with Gasteiger partial charge >= 0.3 is 0 Å². The normalized spacial score (nSPS) is 20.0. The summed E-state index contributed by atoms with van der Waals surface area (Å²) in [5.41, 5.74) is -0.163. The van der Waals surface area contributed by atoms with Gasteiger partial charge in [0.05, 0.1) is 5.60 Å². The number of rotatable bonds is 3. The highest BCUT2D eigenvalue weighted by Gasteiger charge is 2.40. The fourth-order valence-corrected chi connectivity index (χ4v) is 2.23. The van der Waals surface area contributed by atoms with Gasteiger partial charge in [0.15, 0.2) is 0 Å². The summed E-state index contributed by atoms with van der Waals surface area (Å²) in [6, 6.07) is 4.98. The highest BCUT2D eigenvalue weighted by atomic mass is 79.9. The second-order valence-electron chi connectivity index (χ2n) is 4.54. The van der Waals surface area contributed by atoms with Crippen LogP contribution in [-0.2, 0) is 6.42 Å². The van der Waals surface area contributed by atoms with E-state index in [1.54, 1.807) is 19.1 Å². The van der Waals surface area contributed by atoms with E-state index >= 15 is 0 Å². The van der Waals surface area contributed by atoms with E-state index in [0.29, 0.717) is 17.9 Å². The summed E-state index contributed by atoms with van der Waals surface area (Å²) in [5.74, 6) is 0.103. The van der Waals surface area contributed by atoms with Gasteiger partial charge in [-0.15, -0.1) is 0 Å². The van der Waals surface area contributed by atoms with Crippen LogP contribution in [0.4, 0.5) is 4.39 Å². The van der Waals surface area contributed by atoms with Crippen molar-refractivity contribution in [3.8, 4) is 0 Å². The Labute approximate surface area is 97.4 Å². The summed E-state index contributed by atoms with van der Waals surface area (Å²) in [4.78, 5) is 0. The second-order valence-corrected chi connectivity index (χ2v) is 5.46. The molecule has 0 radical (unpaired) electrons. The molecular weight excluding hydrogens is 259 g/mol. The van der Waals surface area contributed by atoms with Gasteiger partial charge in [-0.25, -0.2) is 4.39 Å². The summed E-state index contributed by atoms with van der Waals surface area (Å²) >= 11 is 3.21. The third-order valence-electron chi connectivity index (χ3n) is 3.02. The molecule has 1 atom stereocenters. The average Bonchev–Trinajstić information content (AvgIpc) is 2.92. The lowest BCUT2D eigenvalue weighted by molar-refractivity contribution is 0.0364. The van der Waals surface area contributed by atoms with Crippen molar-refractivity contribution >= 4 is 15.9 Å². The molecular formula is C12H14BrFO. The molecule has 1 unspecified atom stereocenters. The number of benzene rings is 1. The van der Waals surface area contributed by atoms with E-state index in [1.807, 2.05) is 0 Å². The third-order valence-corrected chi connectivity index (χ3v) is 3.51. The Morgan fingerprint density at radius 1 is 1.53 bits per heavy atom. The molecule has 1 saturated carbocycles. The number of hydrogen-bond acceptors (Lipinski definition) is 1. The van der Waals surface area contributed by atoms with Gasteiger partial charge in [-0.1, -0.05) is 22.0 Å². The van der Waals surface area contributed by atoms with Gasteiger partial charge in [0.25, 0.3) is 0 Å². The van der Waals surface area contributed by atoms with Crippen LogP contribution in [0.5, 0.6) is 0 Å². The Kier molecular flexibility index (Phi) is 2.86. The first-order chi connectivity index (χ1) is 6.99. The van der Waals surface area contributed by atoms with Crippen LogP contribution in [0, 0.1) is 11.7 Å². The Morgan fingerprint density at radius 2 is 2.20 bits per heavy atom. The maximum Gasteiger partial charge on any atom is 0.127 e. The van der Waals surface area contributed by atoms with Gasteiger partial charge in [0.1, 0.15) is 5.82 Å². The first-order valence-corrected chi connectivity index (χ1v) is 5.94. The van der Waals surface area contributed by atoms with Crippen molar-refractivity contribution in [3.05, 3.63) is 34.1 Å². The number of aliphatic hydroxyl groups is 1. The van der Waals surface area contributed by atoms with Gasteiger partial charge in [0.2, 0.25) is 0 Å². The van der Waals surface area contributed by atoms with E-state index in [-0.39, 0.29) is 5.82 Å². The van der Waals surface area contributed by atoms with Crippen molar-refractivity contribution in [2.75, 3.05) is 0 Å². The second kappa shape index (κ2) is 3.87. The lowest BCUT2D eigenvalue weighted by atomic mass is 9.91. The smallest absolute Gasteiger partial charge is 0.127 e. The van der Waals surface area contributed by atoms with Crippen LogP contribution in [0.3, 0.4) is 0 Å². The zero-order valence-corrected chi connectivity index (χ0v) is 10.2. The molecule has 0 aromatic heterocycles. The van der Waals surface area contributed by atoms with Crippen LogP contribution in [0.2, 0.25) is 0 Å². The molecule has 0 bridgehead atoms. The maximum absolute atomic E-state index is 13.5. The molecule has 82 valence electrons. The van der Waals surface area contributed by atoms with Crippen LogP contribution < -0.4 is 0 Å². The van der Waals surface area contributed by atoms with Gasteiger partial charge in [-0.05, 0) is 43.4 Å². The van der Waals surface area contributed by atoms with Crippen molar-refractivity contribution in [1.82, 2.24) is 0 Å². The molecule has 2 rings (SSSR count). The summed E-state index contributed by atoms with van der Waals surface area (Å²) in [6.45, 7) is 1.80.